The SMILES string of the molecule is CCC(C)C(NC(=O)N(CC(C)C)C1CC1)C(=O)O. The first-order chi connectivity index (χ1) is 8.86. The summed E-state index contributed by atoms with van der Waals surface area (Å²) in [6.07, 6.45) is 2.78. The number of rotatable bonds is 7. The summed E-state index contributed by atoms with van der Waals surface area (Å²) in [6, 6.07) is -0.733. The molecule has 2 N–H and O–H groups in total. The van der Waals surface area contributed by atoms with Gasteiger partial charge in [-0.2, -0.15) is 0 Å². The van der Waals surface area contributed by atoms with Gasteiger partial charge >= 0.3 is 12.0 Å². The van der Waals surface area contributed by atoms with Crippen molar-refractivity contribution in [3.8, 4) is 0 Å². The highest BCUT2D eigenvalue weighted by Crippen LogP contribution is 2.27. The van der Waals surface area contributed by atoms with E-state index in [-0.39, 0.29) is 11.9 Å². The maximum absolute atomic E-state index is 12.2. The van der Waals surface area contributed by atoms with Crippen LogP contribution in [0.2, 0.25) is 0 Å². The Labute approximate surface area is 115 Å². The third-order valence-electron chi connectivity index (χ3n) is 3.57. The number of aliphatic carboxylic acids is 1. The molecule has 1 saturated carbocycles. The largest absolute Gasteiger partial charge is 0.480 e. The zero-order chi connectivity index (χ0) is 14.6. The summed E-state index contributed by atoms with van der Waals surface area (Å²) in [5, 5.41) is 11.9. The van der Waals surface area contributed by atoms with Gasteiger partial charge < -0.3 is 15.3 Å². The molecule has 0 aromatic heterocycles. The third kappa shape index (κ3) is 4.73. The van der Waals surface area contributed by atoms with Crippen LogP contribution in [0, 0.1) is 11.8 Å². The van der Waals surface area contributed by atoms with E-state index in [0.717, 1.165) is 19.3 Å². The van der Waals surface area contributed by atoms with E-state index in [1.54, 1.807) is 4.90 Å². The van der Waals surface area contributed by atoms with Crippen molar-refractivity contribution in [2.75, 3.05) is 6.54 Å². The predicted molar refractivity (Wildman–Crippen MR) is 74.0 cm³/mol. The van der Waals surface area contributed by atoms with Crippen LogP contribution >= 0.6 is 0 Å². The lowest BCUT2D eigenvalue weighted by molar-refractivity contribution is -0.140. The van der Waals surface area contributed by atoms with E-state index in [1.165, 1.54) is 0 Å². The first kappa shape index (κ1) is 15.8. The number of carbonyl (C=O) groups excluding carboxylic acids is 1. The molecule has 0 aliphatic heterocycles. The summed E-state index contributed by atoms with van der Waals surface area (Å²) in [7, 11) is 0. The van der Waals surface area contributed by atoms with E-state index >= 15 is 0 Å². The molecule has 1 rings (SSSR count). The van der Waals surface area contributed by atoms with Crippen LogP contribution < -0.4 is 5.32 Å². The van der Waals surface area contributed by atoms with Gasteiger partial charge in [-0.05, 0) is 24.7 Å². The van der Waals surface area contributed by atoms with Crippen molar-refractivity contribution in [2.45, 2.75) is 59.0 Å². The number of carboxylic acid groups (broad SMARTS) is 1. The minimum Gasteiger partial charge on any atom is -0.480 e. The van der Waals surface area contributed by atoms with E-state index in [9.17, 15) is 14.7 Å². The number of hydrogen-bond acceptors (Lipinski definition) is 2. The van der Waals surface area contributed by atoms with Gasteiger partial charge in [-0.25, -0.2) is 9.59 Å². The third-order valence-corrected chi connectivity index (χ3v) is 3.57. The molecule has 0 heterocycles. The minimum atomic E-state index is -0.956. The maximum atomic E-state index is 12.2. The van der Waals surface area contributed by atoms with Crippen LogP contribution in [-0.4, -0.2) is 40.6 Å². The van der Waals surface area contributed by atoms with Crippen LogP contribution in [0.1, 0.15) is 47.0 Å². The van der Waals surface area contributed by atoms with Crippen LogP contribution in [0.15, 0.2) is 0 Å². The normalized spacial score (nSPS) is 17.9. The molecule has 0 spiro atoms. The van der Waals surface area contributed by atoms with Crippen molar-refractivity contribution in [1.82, 2.24) is 10.2 Å². The average molecular weight is 270 g/mol. The van der Waals surface area contributed by atoms with Gasteiger partial charge in [0, 0.05) is 12.6 Å². The molecule has 0 aromatic carbocycles. The summed E-state index contributed by atoms with van der Waals surface area (Å²) < 4.78 is 0. The van der Waals surface area contributed by atoms with Gasteiger partial charge in [0.25, 0.3) is 0 Å². The summed E-state index contributed by atoms with van der Waals surface area (Å²) in [5.74, 6) is -0.636. The van der Waals surface area contributed by atoms with Gasteiger partial charge in [0.2, 0.25) is 0 Å². The molecule has 2 amide bonds. The molecule has 1 aliphatic rings. The summed E-state index contributed by atoms with van der Waals surface area (Å²) in [6.45, 7) is 8.59. The van der Waals surface area contributed by atoms with Crippen LogP contribution in [0.3, 0.4) is 0 Å². The second-order valence-electron chi connectivity index (χ2n) is 5.93. The summed E-state index contributed by atoms with van der Waals surface area (Å²) in [5.41, 5.74) is 0. The monoisotopic (exact) mass is 270 g/mol. The van der Waals surface area contributed by atoms with Gasteiger partial charge in [-0.3, -0.25) is 0 Å². The Morgan fingerprint density at radius 3 is 2.26 bits per heavy atom. The van der Waals surface area contributed by atoms with Crippen LogP contribution in [0.4, 0.5) is 4.79 Å². The lowest BCUT2D eigenvalue weighted by Crippen LogP contribution is -2.51. The molecular formula is C14H26N2O3. The van der Waals surface area contributed by atoms with Gasteiger partial charge in [-0.15, -0.1) is 0 Å². The Morgan fingerprint density at radius 2 is 1.89 bits per heavy atom. The maximum Gasteiger partial charge on any atom is 0.326 e. The predicted octanol–water partition coefficient (Wildman–Crippen LogP) is 2.32. The molecule has 1 aliphatic carbocycles. The molecular weight excluding hydrogens is 244 g/mol. The van der Waals surface area contributed by atoms with E-state index in [1.807, 2.05) is 13.8 Å². The minimum absolute atomic E-state index is 0.0680. The molecule has 110 valence electrons. The van der Waals surface area contributed by atoms with Gasteiger partial charge in [0.15, 0.2) is 0 Å². The topological polar surface area (TPSA) is 69.6 Å². The Kier molecular flexibility index (Phi) is 5.63. The highest BCUT2D eigenvalue weighted by molar-refractivity contribution is 5.83. The molecule has 19 heavy (non-hydrogen) atoms. The first-order valence-electron chi connectivity index (χ1n) is 7.16. The molecule has 0 saturated heterocycles. The highest BCUT2D eigenvalue weighted by Gasteiger charge is 2.35. The lowest BCUT2D eigenvalue weighted by atomic mass is 9.99. The van der Waals surface area contributed by atoms with E-state index < -0.39 is 12.0 Å². The second kappa shape index (κ2) is 6.78. The smallest absolute Gasteiger partial charge is 0.326 e. The highest BCUT2D eigenvalue weighted by atomic mass is 16.4. The molecule has 1 fully saturated rings. The lowest BCUT2D eigenvalue weighted by Gasteiger charge is -2.28. The van der Waals surface area contributed by atoms with Crippen molar-refractivity contribution >= 4 is 12.0 Å². The quantitative estimate of drug-likeness (QED) is 0.746. The van der Waals surface area contributed by atoms with E-state index in [2.05, 4.69) is 19.2 Å². The molecule has 0 aromatic rings. The number of carboxylic acids is 1. The zero-order valence-corrected chi connectivity index (χ0v) is 12.3. The Bertz CT molecular complexity index is 327. The fraction of sp³-hybridized carbons (Fsp3) is 0.857. The number of hydrogen-bond donors (Lipinski definition) is 2. The molecule has 5 nitrogen and oxygen atoms in total. The molecule has 0 radical (unpaired) electrons. The fourth-order valence-electron chi connectivity index (χ4n) is 2.08. The van der Waals surface area contributed by atoms with Crippen molar-refractivity contribution in [1.29, 1.82) is 0 Å². The average Bonchev–Trinajstić information content (AvgIpc) is 3.15. The first-order valence-corrected chi connectivity index (χ1v) is 7.16. The standard InChI is InChI=1S/C14H26N2O3/c1-5-10(4)12(13(17)18)15-14(19)16(8-9(2)3)11-6-7-11/h9-12H,5-8H2,1-4H3,(H,15,19)(H,17,18). The number of urea groups is 1. The fourth-order valence-corrected chi connectivity index (χ4v) is 2.08. The number of amides is 2. The van der Waals surface area contributed by atoms with Crippen LogP contribution in [0.5, 0.6) is 0 Å². The molecule has 2 atom stereocenters. The van der Waals surface area contributed by atoms with E-state index in [0.29, 0.717) is 18.5 Å². The molecule has 2 unspecified atom stereocenters. The second-order valence-corrected chi connectivity index (χ2v) is 5.93. The molecule has 0 bridgehead atoms. The van der Waals surface area contributed by atoms with Gasteiger partial charge in [0.05, 0.1) is 0 Å². The Balaban J connectivity index is 2.65. The van der Waals surface area contributed by atoms with Crippen LogP contribution in [-0.2, 0) is 4.79 Å². The van der Waals surface area contributed by atoms with Crippen molar-refractivity contribution in [3.05, 3.63) is 0 Å². The zero-order valence-electron chi connectivity index (χ0n) is 12.3. The van der Waals surface area contributed by atoms with Crippen molar-refractivity contribution in [2.24, 2.45) is 11.8 Å². The van der Waals surface area contributed by atoms with Crippen LogP contribution in [0.25, 0.3) is 0 Å². The number of carbonyl (C=O) groups is 2. The number of nitrogens with zero attached hydrogens (tertiary/aromatic N) is 1. The Morgan fingerprint density at radius 1 is 1.32 bits per heavy atom. The van der Waals surface area contributed by atoms with Crippen molar-refractivity contribution in [3.63, 3.8) is 0 Å². The van der Waals surface area contributed by atoms with Crippen molar-refractivity contribution < 1.29 is 14.7 Å². The van der Waals surface area contributed by atoms with Gasteiger partial charge in [-0.1, -0.05) is 34.1 Å². The van der Waals surface area contributed by atoms with E-state index in [4.69, 9.17) is 0 Å². The van der Waals surface area contributed by atoms with Gasteiger partial charge in [0.1, 0.15) is 6.04 Å². The summed E-state index contributed by atoms with van der Waals surface area (Å²) >= 11 is 0. The summed E-state index contributed by atoms with van der Waals surface area (Å²) in [4.78, 5) is 25.3. The number of nitrogens with one attached hydrogen (secondary N) is 1. The Hall–Kier alpha value is -1.26. The molecule has 5 heteroatoms.